The van der Waals surface area contributed by atoms with Gasteiger partial charge in [-0.1, -0.05) is 53.7 Å². The molecule has 6 aromatic rings. The van der Waals surface area contributed by atoms with E-state index >= 15 is 0 Å². The van der Waals surface area contributed by atoms with Crippen molar-refractivity contribution in [3.05, 3.63) is 88.4 Å². The molecule has 1 saturated carbocycles. The number of fused-ring (bicyclic) bond motifs is 5. The summed E-state index contributed by atoms with van der Waals surface area (Å²) in [5, 5.41) is 3.92. The number of amides is 3. The predicted molar refractivity (Wildman–Crippen MR) is 255 cm³/mol. The third kappa shape index (κ3) is 7.91. The molecule has 3 fully saturated rings. The quantitative estimate of drug-likeness (QED) is 0.0914. The number of likely N-dealkylation sites (tertiary alicyclic amines) is 1. The van der Waals surface area contributed by atoms with Crippen LogP contribution in [0.2, 0.25) is 0 Å². The number of nitrogens with zero attached hydrogens (tertiary/aromatic N) is 5. The van der Waals surface area contributed by atoms with Crippen LogP contribution in [0.15, 0.2) is 67.0 Å². The first-order chi connectivity index (χ1) is 31.4. The number of hydrogen-bond donors (Lipinski definition) is 3. The van der Waals surface area contributed by atoms with Crippen molar-refractivity contribution >= 4 is 51.9 Å². The van der Waals surface area contributed by atoms with Gasteiger partial charge in [-0.15, -0.1) is 23.1 Å². The molecule has 65 heavy (non-hydrogen) atoms. The van der Waals surface area contributed by atoms with E-state index < -0.39 is 12.1 Å². The largest absolute Gasteiger partial charge is 0.464 e. The molecule has 10 rings (SSSR count). The van der Waals surface area contributed by atoms with Crippen molar-refractivity contribution < 1.29 is 23.9 Å². The third-order valence-corrected chi connectivity index (χ3v) is 16.7. The van der Waals surface area contributed by atoms with E-state index in [-0.39, 0.29) is 46.5 Å². The molecule has 2 aromatic carbocycles. The van der Waals surface area contributed by atoms with Crippen LogP contribution in [-0.2, 0) is 20.9 Å². The van der Waals surface area contributed by atoms with Crippen molar-refractivity contribution in [2.24, 2.45) is 17.8 Å². The maximum atomic E-state index is 13.7. The second-order valence-electron chi connectivity index (χ2n) is 18.9. The predicted octanol–water partition coefficient (Wildman–Crippen LogP) is 10.5. The molecule has 3 amide bonds. The lowest BCUT2D eigenvalue weighted by Gasteiger charge is -2.29. The summed E-state index contributed by atoms with van der Waals surface area (Å²) in [4.78, 5) is 62.4. The lowest BCUT2D eigenvalue weighted by atomic mass is 9.96. The summed E-state index contributed by atoms with van der Waals surface area (Å²) in [5.74, 6) is 3.29. The molecule has 5 atom stereocenters. The molecule has 0 radical (unpaired) electrons. The molecule has 0 bridgehead atoms. The van der Waals surface area contributed by atoms with Crippen molar-refractivity contribution in [1.82, 2.24) is 39.6 Å². The molecule has 2 saturated heterocycles. The van der Waals surface area contributed by atoms with E-state index in [1.807, 2.05) is 56.3 Å². The standard InChI is InChI=1S/C50H58N8O5S2/c1-8-19-56(47(60)43(28(4)5)55-49(61)62-7)26-42-51-24-35(53-42)31-13-15-37-33(21-31)22-38-34-14-12-32(23-39(34)63-48(58(37)38)41-17-16-40(64-41)30-10-11-30)36-25-52-45(54-36)44-50(65-44)18-9-20-57(50)46(59)29(6)27(2)3/h12-17,21-25,27-30,43-44,48H,8-11,18-20,26H2,1-7H3,(H,51,53)(H,52,54)(H,55,61)/t29?,43-,44?,48?,50-/m0/s1. The van der Waals surface area contributed by atoms with Gasteiger partial charge in [-0.3, -0.25) is 14.2 Å². The van der Waals surface area contributed by atoms with Gasteiger partial charge >= 0.3 is 6.09 Å². The van der Waals surface area contributed by atoms with E-state index in [0.29, 0.717) is 24.2 Å². The van der Waals surface area contributed by atoms with Crippen LogP contribution in [0.4, 0.5) is 4.79 Å². The van der Waals surface area contributed by atoms with Gasteiger partial charge in [0.1, 0.15) is 28.3 Å². The van der Waals surface area contributed by atoms with E-state index in [0.717, 1.165) is 82.1 Å². The number of H-pyrrole nitrogens is 2. The maximum absolute atomic E-state index is 13.7. The van der Waals surface area contributed by atoms with Gasteiger partial charge in [-0.25, -0.2) is 14.8 Å². The Balaban J connectivity index is 0.939. The number of carbonyl (C=O) groups excluding carboxylic acids is 3. The SMILES string of the molecule is CCCN(Cc1ncc(-c2ccc3c(c2)cc2n3C(c3ccc(C4CC4)s3)Oc3cc(-c4cnc(C5S[C@@]56CCCN6C(=O)C(C)C(C)C)[nH]4)ccc3-2)[nH]1)C(=O)[C@@H](NC(=O)OC)C(C)C. The minimum Gasteiger partial charge on any atom is -0.464 e. The minimum absolute atomic E-state index is 0.00600. The van der Waals surface area contributed by atoms with Crippen LogP contribution >= 0.6 is 23.1 Å². The van der Waals surface area contributed by atoms with Crippen molar-refractivity contribution in [2.45, 2.75) is 108 Å². The summed E-state index contributed by atoms with van der Waals surface area (Å²) in [7, 11) is 1.30. The van der Waals surface area contributed by atoms with Crippen molar-refractivity contribution in [1.29, 1.82) is 0 Å². The highest BCUT2D eigenvalue weighted by Crippen LogP contribution is 2.70. The van der Waals surface area contributed by atoms with Crippen molar-refractivity contribution in [3.63, 3.8) is 0 Å². The van der Waals surface area contributed by atoms with Crippen molar-refractivity contribution in [3.8, 4) is 39.5 Å². The molecule has 3 unspecified atom stereocenters. The lowest BCUT2D eigenvalue weighted by molar-refractivity contribution is -0.137. The number of aromatic nitrogens is 5. The number of nitrogens with one attached hydrogen (secondary N) is 3. The van der Waals surface area contributed by atoms with Gasteiger partial charge in [0, 0.05) is 46.0 Å². The first-order valence-electron chi connectivity index (χ1n) is 23.1. The first-order valence-corrected chi connectivity index (χ1v) is 24.8. The summed E-state index contributed by atoms with van der Waals surface area (Å²) >= 11 is 3.70. The molecule has 3 N–H and O–H groups in total. The number of methoxy groups -OCH3 is 1. The second kappa shape index (κ2) is 17.0. The molecule has 340 valence electrons. The van der Waals surface area contributed by atoms with E-state index in [9.17, 15) is 14.4 Å². The highest BCUT2D eigenvalue weighted by Gasteiger charge is 2.65. The minimum atomic E-state index is -0.718. The number of aromatic amines is 2. The van der Waals surface area contributed by atoms with Crippen LogP contribution in [0.5, 0.6) is 5.75 Å². The summed E-state index contributed by atoms with van der Waals surface area (Å²) in [5.41, 5.74) is 6.92. The highest BCUT2D eigenvalue weighted by atomic mass is 32.2. The molecular weight excluding hydrogens is 857 g/mol. The van der Waals surface area contributed by atoms with Crippen LogP contribution in [0, 0.1) is 17.8 Å². The van der Waals surface area contributed by atoms with Crippen molar-refractivity contribution in [2.75, 3.05) is 20.2 Å². The fourth-order valence-corrected chi connectivity index (χ4v) is 12.3. The average Bonchev–Trinajstić information content (AvgIpc) is 3.77. The number of imidazole rings is 2. The van der Waals surface area contributed by atoms with Crippen LogP contribution in [-0.4, -0.2) is 83.3 Å². The van der Waals surface area contributed by atoms with Gasteiger partial charge < -0.3 is 34.6 Å². The van der Waals surface area contributed by atoms with Crippen LogP contribution in [0.1, 0.15) is 112 Å². The summed E-state index contributed by atoms with van der Waals surface area (Å²) < 4.78 is 14.2. The number of rotatable bonds is 14. The van der Waals surface area contributed by atoms with E-state index in [1.54, 1.807) is 4.90 Å². The van der Waals surface area contributed by atoms with Gasteiger partial charge in [0.25, 0.3) is 0 Å². The Morgan fingerprint density at radius 1 is 0.954 bits per heavy atom. The number of ether oxygens (including phenoxy) is 2. The first kappa shape index (κ1) is 43.4. The van der Waals surface area contributed by atoms with Gasteiger partial charge in [0.05, 0.1) is 58.8 Å². The van der Waals surface area contributed by atoms with Gasteiger partial charge in [0.2, 0.25) is 18.0 Å². The number of thioether (sulfide) groups is 1. The number of thiophene rings is 1. The lowest BCUT2D eigenvalue weighted by Crippen LogP contribution is -2.51. The maximum Gasteiger partial charge on any atom is 0.407 e. The monoisotopic (exact) mass is 914 g/mol. The molecule has 4 aromatic heterocycles. The number of carbonyl (C=O) groups is 3. The fraction of sp³-hybridized carbons (Fsp3) is 0.460. The Morgan fingerprint density at radius 2 is 1.71 bits per heavy atom. The topological polar surface area (TPSA) is 150 Å². The van der Waals surface area contributed by atoms with Gasteiger partial charge in [0.15, 0.2) is 0 Å². The highest BCUT2D eigenvalue weighted by molar-refractivity contribution is 8.08. The molecule has 1 aliphatic carbocycles. The summed E-state index contributed by atoms with van der Waals surface area (Å²) in [6.07, 6.45) is 8.01. The molecule has 3 aliphatic heterocycles. The Bertz CT molecular complexity index is 2780. The van der Waals surface area contributed by atoms with Crippen LogP contribution in [0.25, 0.3) is 44.7 Å². The smallest absolute Gasteiger partial charge is 0.407 e. The van der Waals surface area contributed by atoms with E-state index in [4.69, 9.17) is 19.4 Å². The van der Waals surface area contributed by atoms with Crippen LogP contribution < -0.4 is 10.1 Å². The fourth-order valence-electron chi connectivity index (χ4n) is 9.61. The Morgan fingerprint density at radius 3 is 2.46 bits per heavy atom. The zero-order valence-corrected chi connectivity index (χ0v) is 39.8. The zero-order chi connectivity index (χ0) is 45.3. The molecular formula is C50H58N8O5S2. The third-order valence-electron chi connectivity index (χ3n) is 13.8. The average molecular weight is 915 g/mol. The molecule has 13 nitrogen and oxygen atoms in total. The van der Waals surface area contributed by atoms with Gasteiger partial charge in [-0.2, -0.15) is 0 Å². The van der Waals surface area contributed by atoms with Gasteiger partial charge in [-0.05, 0) is 92.3 Å². The van der Waals surface area contributed by atoms with Crippen LogP contribution in [0.3, 0.4) is 0 Å². The zero-order valence-electron chi connectivity index (χ0n) is 38.1. The second-order valence-corrected chi connectivity index (χ2v) is 21.4. The molecule has 4 aliphatic rings. The summed E-state index contributed by atoms with van der Waals surface area (Å²) in [6, 6.07) is 19.0. The molecule has 15 heteroatoms. The Kier molecular flexibility index (Phi) is 11.4. The normalized spacial score (nSPS) is 20.8. The molecule has 7 heterocycles. The number of benzene rings is 2. The Labute approximate surface area is 388 Å². The van der Waals surface area contributed by atoms with E-state index in [2.05, 4.69) is 100 Å². The Hall–Kier alpha value is -5.54. The molecule has 1 spiro atoms. The van der Waals surface area contributed by atoms with E-state index in [1.165, 1.54) is 29.7 Å². The number of alkyl carbamates (subject to hydrolysis) is 1. The number of hydrogen-bond acceptors (Lipinski definition) is 9. The summed E-state index contributed by atoms with van der Waals surface area (Å²) in [6.45, 7) is 13.7.